The molecule has 2 nitrogen and oxygen atoms in total. The van der Waals surface area contributed by atoms with Crippen molar-refractivity contribution >= 4 is 11.6 Å². The molecule has 1 aliphatic heterocycles. The Morgan fingerprint density at radius 3 is 2.00 bits per heavy atom. The molecule has 1 fully saturated rings. The summed E-state index contributed by atoms with van der Waals surface area (Å²) in [5.74, 6) is 1.62. The standard InChI is InChI=1S/C12H25ClN2/c1-12(2)4-3-6-14-8-10-15(7-5-13)11-9-14/h12H,3-11H2,1-2H3. The number of hydrogen-bond donors (Lipinski definition) is 0. The number of halogens is 1. The third kappa shape index (κ3) is 5.74. The topological polar surface area (TPSA) is 6.48 Å². The molecular formula is C12H25ClN2. The lowest BCUT2D eigenvalue weighted by Gasteiger charge is -2.34. The summed E-state index contributed by atoms with van der Waals surface area (Å²) in [6.45, 7) is 11.8. The van der Waals surface area contributed by atoms with Gasteiger partial charge >= 0.3 is 0 Å². The molecule has 3 heteroatoms. The third-order valence-electron chi connectivity index (χ3n) is 3.12. The lowest BCUT2D eigenvalue weighted by Crippen LogP contribution is -2.47. The van der Waals surface area contributed by atoms with Gasteiger partial charge < -0.3 is 4.90 Å². The second kappa shape index (κ2) is 7.48. The quantitative estimate of drug-likeness (QED) is 0.649. The highest BCUT2D eigenvalue weighted by atomic mass is 35.5. The first-order valence-electron chi connectivity index (χ1n) is 6.23. The van der Waals surface area contributed by atoms with Crippen molar-refractivity contribution in [2.24, 2.45) is 5.92 Å². The van der Waals surface area contributed by atoms with Crippen LogP contribution in [0.5, 0.6) is 0 Å². The van der Waals surface area contributed by atoms with Crippen LogP contribution >= 0.6 is 11.6 Å². The van der Waals surface area contributed by atoms with Crippen LogP contribution in [-0.2, 0) is 0 Å². The number of nitrogens with zero attached hydrogens (tertiary/aromatic N) is 2. The molecule has 0 aromatic heterocycles. The number of alkyl halides is 1. The fourth-order valence-corrected chi connectivity index (χ4v) is 2.32. The van der Waals surface area contributed by atoms with Crippen LogP contribution in [0.4, 0.5) is 0 Å². The summed E-state index contributed by atoms with van der Waals surface area (Å²) in [4.78, 5) is 5.05. The van der Waals surface area contributed by atoms with Crippen molar-refractivity contribution in [2.45, 2.75) is 26.7 Å². The SMILES string of the molecule is CC(C)CCCN1CCN(CCCl)CC1. The molecule has 0 bridgehead atoms. The van der Waals surface area contributed by atoms with Gasteiger partial charge in [0.25, 0.3) is 0 Å². The van der Waals surface area contributed by atoms with Gasteiger partial charge in [0.1, 0.15) is 0 Å². The Bertz CT molecular complexity index is 154. The van der Waals surface area contributed by atoms with Crippen LogP contribution in [-0.4, -0.2) is 54.9 Å². The average molecular weight is 233 g/mol. The maximum atomic E-state index is 5.73. The molecule has 0 amide bonds. The first kappa shape index (κ1) is 13.3. The van der Waals surface area contributed by atoms with Gasteiger partial charge in [0.2, 0.25) is 0 Å². The molecule has 1 heterocycles. The van der Waals surface area contributed by atoms with Gasteiger partial charge in [0.05, 0.1) is 0 Å². The molecule has 90 valence electrons. The van der Waals surface area contributed by atoms with E-state index in [0.717, 1.165) is 18.3 Å². The fraction of sp³-hybridized carbons (Fsp3) is 1.00. The molecule has 0 aromatic rings. The minimum Gasteiger partial charge on any atom is -0.301 e. The Balaban J connectivity index is 2.04. The summed E-state index contributed by atoms with van der Waals surface area (Å²) in [6.07, 6.45) is 2.72. The zero-order valence-corrected chi connectivity index (χ0v) is 11.0. The van der Waals surface area contributed by atoms with Crippen LogP contribution in [0.25, 0.3) is 0 Å². The van der Waals surface area contributed by atoms with Crippen molar-refractivity contribution in [3.05, 3.63) is 0 Å². The van der Waals surface area contributed by atoms with Gasteiger partial charge in [-0.1, -0.05) is 13.8 Å². The summed E-state index contributed by atoms with van der Waals surface area (Å²) >= 11 is 5.73. The molecule has 0 unspecified atom stereocenters. The van der Waals surface area contributed by atoms with Gasteiger partial charge in [-0.15, -0.1) is 11.6 Å². The van der Waals surface area contributed by atoms with E-state index in [-0.39, 0.29) is 0 Å². The van der Waals surface area contributed by atoms with Crippen LogP contribution in [0.1, 0.15) is 26.7 Å². The summed E-state index contributed by atoms with van der Waals surface area (Å²) in [7, 11) is 0. The second-order valence-corrected chi connectivity index (χ2v) is 5.29. The van der Waals surface area contributed by atoms with E-state index in [9.17, 15) is 0 Å². The Kier molecular flexibility index (Phi) is 6.62. The van der Waals surface area contributed by atoms with Gasteiger partial charge in [-0.2, -0.15) is 0 Å². The molecule has 0 N–H and O–H groups in total. The monoisotopic (exact) mass is 232 g/mol. The van der Waals surface area contributed by atoms with E-state index in [2.05, 4.69) is 23.6 Å². The highest BCUT2D eigenvalue weighted by molar-refractivity contribution is 6.18. The summed E-state index contributed by atoms with van der Waals surface area (Å²) < 4.78 is 0. The van der Waals surface area contributed by atoms with Crippen LogP contribution in [0, 0.1) is 5.92 Å². The van der Waals surface area contributed by atoms with E-state index < -0.39 is 0 Å². The lowest BCUT2D eigenvalue weighted by atomic mass is 10.1. The number of hydrogen-bond acceptors (Lipinski definition) is 2. The predicted octanol–water partition coefficient (Wildman–Crippen LogP) is 2.28. The van der Waals surface area contributed by atoms with Crippen LogP contribution < -0.4 is 0 Å². The Hall–Kier alpha value is 0.210. The lowest BCUT2D eigenvalue weighted by molar-refractivity contribution is 0.135. The third-order valence-corrected chi connectivity index (χ3v) is 3.29. The fourth-order valence-electron chi connectivity index (χ4n) is 2.08. The Morgan fingerprint density at radius 2 is 1.53 bits per heavy atom. The van der Waals surface area contributed by atoms with Crippen molar-refractivity contribution in [1.82, 2.24) is 9.80 Å². The normalized spacial score (nSPS) is 20.0. The maximum Gasteiger partial charge on any atom is 0.0351 e. The maximum absolute atomic E-state index is 5.73. The predicted molar refractivity (Wildman–Crippen MR) is 67.7 cm³/mol. The molecule has 1 aliphatic rings. The van der Waals surface area contributed by atoms with Crippen molar-refractivity contribution < 1.29 is 0 Å². The van der Waals surface area contributed by atoms with Gasteiger partial charge in [0, 0.05) is 38.6 Å². The molecule has 0 radical (unpaired) electrons. The van der Waals surface area contributed by atoms with Crippen molar-refractivity contribution in [3.63, 3.8) is 0 Å². The summed E-state index contributed by atoms with van der Waals surface area (Å²) in [6, 6.07) is 0. The highest BCUT2D eigenvalue weighted by Gasteiger charge is 2.15. The Labute approximate surface area is 99.6 Å². The van der Waals surface area contributed by atoms with E-state index in [0.29, 0.717) is 0 Å². The molecule has 0 spiro atoms. The zero-order chi connectivity index (χ0) is 11.1. The van der Waals surface area contributed by atoms with Crippen molar-refractivity contribution in [3.8, 4) is 0 Å². The molecule has 0 atom stereocenters. The second-order valence-electron chi connectivity index (χ2n) is 4.91. The summed E-state index contributed by atoms with van der Waals surface area (Å²) in [5.41, 5.74) is 0. The van der Waals surface area contributed by atoms with Gasteiger partial charge in [-0.25, -0.2) is 0 Å². The van der Waals surface area contributed by atoms with Gasteiger partial charge in [-0.05, 0) is 25.3 Å². The van der Waals surface area contributed by atoms with Crippen molar-refractivity contribution in [2.75, 3.05) is 45.1 Å². The van der Waals surface area contributed by atoms with E-state index in [1.807, 2.05) is 0 Å². The largest absolute Gasteiger partial charge is 0.301 e. The van der Waals surface area contributed by atoms with Crippen LogP contribution in [0.3, 0.4) is 0 Å². The highest BCUT2D eigenvalue weighted by Crippen LogP contribution is 2.07. The molecular weight excluding hydrogens is 208 g/mol. The minimum absolute atomic E-state index is 0.771. The van der Waals surface area contributed by atoms with E-state index in [1.54, 1.807) is 0 Å². The van der Waals surface area contributed by atoms with E-state index in [1.165, 1.54) is 45.6 Å². The van der Waals surface area contributed by atoms with Crippen molar-refractivity contribution in [1.29, 1.82) is 0 Å². The number of rotatable bonds is 6. The van der Waals surface area contributed by atoms with Crippen LogP contribution in [0.15, 0.2) is 0 Å². The average Bonchev–Trinajstić information content (AvgIpc) is 2.20. The minimum atomic E-state index is 0.771. The molecule has 0 aliphatic carbocycles. The smallest absolute Gasteiger partial charge is 0.0351 e. The molecule has 1 rings (SSSR count). The Morgan fingerprint density at radius 1 is 1.00 bits per heavy atom. The van der Waals surface area contributed by atoms with Gasteiger partial charge in [-0.3, -0.25) is 4.90 Å². The first-order chi connectivity index (χ1) is 7.22. The summed E-state index contributed by atoms with van der Waals surface area (Å²) in [5, 5.41) is 0. The number of piperazine rings is 1. The first-order valence-corrected chi connectivity index (χ1v) is 6.76. The molecule has 0 saturated carbocycles. The van der Waals surface area contributed by atoms with E-state index >= 15 is 0 Å². The zero-order valence-electron chi connectivity index (χ0n) is 10.2. The van der Waals surface area contributed by atoms with Gasteiger partial charge in [0.15, 0.2) is 0 Å². The molecule has 0 aromatic carbocycles. The molecule has 15 heavy (non-hydrogen) atoms. The molecule has 1 saturated heterocycles. The van der Waals surface area contributed by atoms with Crippen LogP contribution in [0.2, 0.25) is 0 Å². The van der Waals surface area contributed by atoms with E-state index in [4.69, 9.17) is 11.6 Å².